The maximum Gasteiger partial charge on any atom is 0.0655 e. The summed E-state index contributed by atoms with van der Waals surface area (Å²) >= 11 is 0. The average molecular weight is 237 g/mol. The maximum absolute atomic E-state index is 9.07. The molecule has 0 aliphatic rings. The van der Waals surface area contributed by atoms with Crippen molar-refractivity contribution in [2.75, 3.05) is 0 Å². The van der Waals surface area contributed by atoms with E-state index in [1.807, 2.05) is 0 Å². The summed E-state index contributed by atoms with van der Waals surface area (Å²) in [6.45, 7) is 4.49. The third-order valence-electron chi connectivity index (χ3n) is 3.49. The van der Waals surface area contributed by atoms with Crippen molar-refractivity contribution in [1.82, 2.24) is 0 Å². The lowest BCUT2D eigenvalue weighted by Crippen LogP contribution is -1.97. The molecule has 0 aromatic rings. The Morgan fingerprint density at radius 1 is 0.706 bits per heavy atom. The van der Waals surface area contributed by atoms with Crippen LogP contribution in [0.1, 0.15) is 90.9 Å². The fraction of sp³-hybridized carbons (Fsp3) is 0.938. The van der Waals surface area contributed by atoms with Crippen molar-refractivity contribution in [3.8, 4) is 6.07 Å². The van der Waals surface area contributed by atoms with Crippen LogP contribution in [0.2, 0.25) is 0 Å². The van der Waals surface area contributed by atoms with Crippen LogP contribution in [-0.4, -0.2) is 0 Å². The molecule has 0 rings (SSSR count). The third kappa shape index (κ3) is 11.7. The van der Waals surface area contributed by atoms with Crippen molar-refractivity contribution in [3.63, 3.8) is 0 Å². The highest BCUT2D eigenvalue weighted by molar-refractivity contribution is 4.82. The summed E-state index contributed by atoms with van der Waals surface area (Å²) in [7, 11) is 0. The molecular formula is C16H31N. The molecule has 0 N–H and O–H groups in total. The first kappa shape index (κ1) is 16.5. The van der Waals surface area contributed by atoms with Crippen LogP contribution in [0.4, 0.5) is 0 Å². The summed E-state index contributed by atoms with van der Waals surface area (Å²) < 4.78 is 0. The molecule has 0 saturated carbocycles. The largest absolute Gasteiger partial charge is 0.198 e. The van der Waals surface area contributed by atoms with Gasteiger partial charge in [-0.05, 0) is 12.8 Å². The second-order valence-electron chi connectivity index (χ2n) is 5.23. The molecule has 0 aliphatic heterocycles. The highest BCUT2D eigenvalue weighted by Gasteiger charge is 2.06. The predicted molar refractivity (Wildman–Crippen MR) is 75.9 cm³/mol. The van der Waals surface area contributed by atoms with Crippen molar-refractivity contribution in [3.05, 3.63) is 0 Å². The quantitative estimate of drug-likeness (QED) is 0.391. The van der Waals surface area contributed by atoms with Crippen molar-refractivity contribution in [1.29, 1.82) is 5.26 Å². The van der Waals surface area contributed by atoms with Gasteiger partial charge in [-0.15, -0.1) is 0 Å². The molecule has 0 fully saturated rings. The lowest BCUT2D eigenvalue weighted by molar-refractivity contribution is 0.476. The van der Waals surface area contributed by atoms with Crippen molar-refractivity contribution in [2.24, 2.45) is 5.92 Å². The average Bonchev–Trinajstić information content (AvgIpc) is 2.36. The lowest BCUT2D eigenvalue weighted by atomic mass is 9.95. The van der Waals surface area contributed by atoms with Crippen LogP contribution in [0.25, 0.3) is 0 Å². The molecule has 0 aliphatic carbocycles. The van der Waals surface area contributed by atoms with E-state index < -0.39 is 0 Å². The summed E-state index contributed by atoms with van der Waals surface area (Å²) in [6, 6.07) is 2.48. The van der Waals surface area contributed by atoms with Crippen molar-refractivity contribution < 1.29 is 0 Å². The van der Waals surface area contributed by atoms with Gasteiger partial charge >= 0.3 is 0 Å². The number of nitrogens with zero attached hydrogens (tertiary/aromatic N) is 1. The van der Waals surface area contributed by atoms with E-state index in [-0.39, 0.29) is 0 Å². The van der Waals surface area contributed by atoms with Gasteiger partial charge in [0.2, 0.25) is 0 Å². The zero-order valence-electron chi connectivity index (χ0n) is 12.0. The van der Waals surface area contributed by atoms with E-state index in [1.54, 1.807) is 0 Å². The lowest BCUT2D eigenvalue weighted by Gasteiger charge is -2.08. The van der Waals surface area contributed by atoms with Crippen molar-refractivity contribution in [2.45, 2.75) is 90.9 Å². The summed E-state index contributed by atoms with van der Waals surface area (Å²) in [5, 5.41) is 9.07. The summed E-state index contributed by atoms with van der Waals surface area (Å²) in [5.41, 5.74) is 0. The molecule has 0 saturated heterocycles. The maximum atomic E-state index is 9.07. The smallest absolute Gasteiger partial charge is 0.0655 e. The Morgan fingerprint density at radius 2 is 1.12 bits per heavy atom. The van der Waals surface area contributed by atoms with E-state index in [9.17, 15) is 0 Å². The number of rotatable bonds is 12. The van der Waals surface area contributed by atoms with Crippen LogP contribution in [0.3, 0.4) is 0 Å². The van der Waals surface area contributed by atoms with Gasteiger partial charge in [-0.3, -0.25) is 0 Å². The van der Waals surface area contributed by atoms with Gasteiger partial charge in [-0.2, -0.15) is 5.26 Å². The topological polar surface area (TPSA) is 23.8 Å². The first-order valence-electron chi connectivity index (χ1n) is 7.74. The summed E-state index contributed by atoms with van der Waals surface area (Å²) in [4.78, 5) is 0. The van der Waals surface area contributed by atoms with Gasteiger partial charge < -0.3 is 0 Å². The Bertz CT molecular complexity index is 180. The van der Waals surface area contributed by atoms with Gasteiger partial charge in [-0.25, -0.2) is 0 Å². The Morgan fingerprint density at radius 3 is 1.59 bits per heavy atom. The second-order valence-corrected chi connectivity index (χ2v) is 5.23. The van der Waals surface area contributed by atoms with Gasteiger partial charge in [0.05, 0.1) is 6.07 Å². The highest BCUT2D eigenvalue weighted by Crippen LogP contribution is 2.17. The minimum absolute atomic E-state index is 0.332. The molecule has 0 heterocycles. The number of hydrogen-bond donors (Lipinski definition) is 0. The van der Waals surface area contributed by atoms with E-state index in [0.717, 1.165) is 12.8 Å². The van der Waals surface area contributed by atoms with Gasteiger partial charge in [0.1, 0.15) is 0 Å². The summed E-state index contributed by atoms with van der Waals surface area (Å²) in [6.07, 6.45) is 15.5. The Kier molecular flexibility index (Phi) is 13.1. The molecule has 100 valence electrons. The monoisotopic (exact) mass is 237 g/mol. The molecule has 0 amide bonds. The van der Waals surface area contributed by atoms with E-state index >= 15 is 0 Å². The van der Waals surface area contributed by atoms with Gasteiger partial charge in [0.15, 0.2) is 0 Å². The highest BCUT2D eigenvalue weighted by atomic mass is 14.3. The fourth-order valence-electron chi connectivity index (χ4n) is 2.26. The minimum atomic E-state index is 0.332. The molecule has 1 nitrogen and oxygen atoms in total. The molecule has 1 unspecified atom stereocenters. The first-order chi connectivity index (χ1) is 8.35. The van der Waals surface area contributed by atoms with Gasteiger partial charge in [0, 0.05) is 5.92 Å². The molecule has 0 aromatic heterocycles. The van der Waals surface area contributed by atoms with Crippen molar-refractivity contribution >= 4 is 0 Å². The fourth-order valence-corrected chi connectivity index (χ4v) is 2.26. The summed E-state index contributed by atoms with van der Waals surface area (Å²) in [5.74, 6) is 0.332. The number of hydrogen-bond acceptors (Lipinski definition) is 1. The molecule has 0 bridgehead atoms. The second kappa shape index (κ2) is 13.6. The number of nitriles is 1. The van der Waals surface area contributed by atoms with Crippen LogP contribution >= 0.6 is 0 Å². The predicted octanol–water partition coefficient (Wildman–Crippen LogP) is 5.85. The van der Waals surface area contributed by atoms with Crippen LogP contribution in [-0.2, 0) is 0 Å². The zero-order chi connectivity index (χ0) is 12.8. The molecule has 1 heteroatoms. The third-order valence-corrected chi connectivity index (χ3v) is 3.49. The van der Waals surface area contributed by atoms with Gasteiger partial charge in [-0.1, -0.05) is 78.1 Å². The first-order valence-corrected chi connectivity index (χ1v) is 7.74. The Balaban J connectivity index is 3.33. The number of unbranched alkanes of at least 4 members (excludes halogenated alkanes) is 8. The van der Waals surface area contributed by atoms with Gasteiger partial charge in [0.25, 0.3) is 0 Å². The molecule has 0 spiro atoms. The Labute approximate surface area is 109 Å². The van der Waals surface area contributed by atoms with Crippen LogP contribution in [0.15, 0.2) is 0 Å². The molecule has 0 aromatic carbocycles. The van der Waals surface area contributed by atoms with Crippen LogP contribution < -0.4 is 0 Å². The molecule has 17 heavy (non-hydrogen) atoms. The standard InChI is InChI=1S/C16H31N/c1-3-5-7-9-10-12-14-16(15-17)13-11-8-6-4-2/h16H,3-14H2,1-2H3. The zero-order valence-corrected chi connectivity index (χ0v) is 12.0. The molecular weight excluding hydrogens is 206 g/mol. The minimum Gasteiger partial charge on any atom is -0.198 e. The molecule has 0 radical (unpaired) electrons. The normalized spacial score (nSPS) is 12.3. The van der Waals surface area contributed by atoms with E-state index in [2.05, 4.69) is 19.9 Å². The SMILES string of the molecule is CCCCCCCCC(C#N)CCCCCC. The van der Waals surface area contributed by atoms with E-state index in [0.29, 0.717) is 5.92 Å². The van der Waals surface area contributed by atoms with E-state index in [4.69, 9.17) is 5.26 Å². The van der Waals surface area contributed by atoms with E-state index in [1.165, 1.54) is 64.2 Å². The molecule has 1 atom stereocenters. The van der Waals surface area contributed by atoms with Crippen LogP contribution in [0.5, 0.6) is 0 Å². The Hall–Kier alpha value is -0.510. The van der Waals surface area contributed by atoms with Crippen LogP contribution in [0, 0.1) is 17.2 Å².